The quantitative estimate of drug-likeness (QED) is 0.421. The number of benzene rings is 3. The fourth-order valence-corrected chi connectivity index (χ4v) is 4.22. The number of hydrogen-bond donors (Lipinski definition) is 1. The lowest BCUT2D eigenvalue weighted by atomic mass is 10.0. The zero-order chi connectivity index (χ0) is 23.2. The van der Waals surface area contributed by atoms with Gasteiger partial charge >= 0.3 is 0 Å². The van der Waals surface area contributed by atoms with Gasteiger partial charge in [0, 0.05) is 36.3 Å². The molecule has 1 aliphatic rings. The van der Waals surface area contributed by atoms with Crippen LogP contribution in [-0.2, 0) is 4.74 Å². The van der Waals surface area contributed by atoms with Gasteiger partial charge in [0.05, 0.1) is 35.6 Å². The van der Waals surface area contributed by atoms with E-state index in [0.717, 1.165) is 67.3 Å². The number of nitrogens with one attached hydrogen (secondary N) is 1. The third kappa shape index (κ3) is 5.14. The standard InChI is InChI=1S/C28H28N4O2/c33-28(29-14-7-15-32-16-18-34-19-17-32)23-12-13-24-25(20-23)31-27(22-10-5-2-6-11-22)26(30-24)21-8-3-1-4-9-21/h1-6,8-13,20H,7,14-19H2,(H,29,33). The number of ether oxygens (including phenoxy) is 1. The van der Waals surface area contributed by atoms with Crippen molar-refractivity contribution in [2.24, 2.45) is 0 Å². The van der Waals surface area contributed by atoms with Crippen LogP contribution < -0.4 is 5.32 Å². The summed E-state index contributed by atoms with van der Waals surface area (Å²) < 4.78 is 5.38. The van der Waals surface area contributed by atoms with E-state index in [9.17, 15) is 4.79 Å². The van der Waals surface area contributed by atoms with Crippen molar-refractivity contribution in [2.75, 3.05) is 39.4 Å². The lowest BCUT2D eigenvalue weighted by Crippen LogP contribution is -2.38. The van der Waals surface area contributed by atoms with E-state index in [2.05, 4.69) is 10.2 Å². The Bertz CT molecular complexity index is 1260. The first-order valence-corrected chi connectivity index (χ1v) is 11.8. The van der Waals surface area contributed by atoms with Gasteiger partial charge in [-0.3, -0.25) is 9.69 Å². The number of carbonyl (C=O) groups is 1. The molecule has 0 spiro atoms. The van der Waals surface area contributed by atoms with Gasteiger partial charge in [-0.25, -0.2) is 9.97 Å². The molecule has 0 aliphatic carbocycles. The lowest BCUT2D eigenvalue weighted by molar-refractivity contribution is 0.0374. The second-order valence-corrected chi connectivity index (χ2v) is 8.42. The Balaban J connectivity index is 1.37. The first-order valence-electron chi connectivity index (χ1n) is 11.8. The number of amides is 1. The monoisotopic (exact) mass is 452 g/mol. The summed E-state index contributed by atoms with van der Waals surface area (Å²) in [5.41, 5.74) is 5.72. The van der Waals surface area contributed by atoms with E-state index in [0.29, 0.717) is 17.6 Å². The van der Waals surface area contributed by atoms with Crippen molar-refractivity contribution in [3.63, 3.8) is 0 Å². The molecule has 34 heavy (non-hydrogen) atoms. The number of nitrogens with zero attached hydrogens (tertiary/aromatic N) is 3. The summed E-state index contributed by atoms with van der Waals surface area (Å²) in [4.78, 5) is 25.1. The normalized spacial score (nSPS) is 14.2. The highest BCUT2D eigenvalue weighted by atomic mass is 16.5. The largest absolute Gasteiger partial charge is 0.379 e. The van der Waals surface area contributed by atoms with Gasteiger partial charge in [0.2, 0.25) is 0 Å². The van der Waals surface area contributed by atoms with Crippen molar-refractivity contribution in [3.05, 3.63) is 84.4 Å². The molecule has 0 bridgehead atoms. The van der Waals surface area contributed by atoms with Gasteiger partial charge in [-0.15, -0.1) is 0 Å². The maximum absolute atomic E-state index is 12.8. The minimum atomic E-state index is -0.0842. The van der Waals surface area contributed by atoms with Crippen molar-refractivity contribution < 1.29 is 9.53 Å². The Labute approximate surface area is 199 Å². The molecule has 2 heterocycles. The minimum Gasteiger partial charge on any atom is -0.379 e. The van der Waals surface area contributed by atoms with Gasteiger partial charge in [-0.05, 0) is 31.2 Å². The predicted octanol–water partition coefficient (Wildman–Crippen LogP) is 4.42. The van der Waals surface area contributed by atoms with Crippen LogP contribution in [0, 0.1) is 0 Å². The summed E-state index contributed by atoms with van der Waals surface area (Å²) in [6.07, 6.45) is 0.914. The summed E-state index contributed by atoms with van der Waals surface area (Å²) in [5, 5.41) is 3.04. The van der Waals surface area contributed by atoms with Crippen molar-refractivity contribution in [2.45, 2.75) is 6.42 Å². The molecule has 172 valence electrons. The molecule has 5 rings (SSSR count). The molecule has 0 radical (unpaired) electrons. The van der Waals surface area contributed by atoms with Gasteiger partial charge in [0.25, 0.3) is 5.91 Å². The van der Waals surface area contributed by atoms with Crippen LogP contribution in [0.2, 0.25) is 0 Å². The van der Waals surface area contributed by atoms with Crippen molar-refractivity contribution in [1.29, 1.82) is 0 Å². The molecule has 6 heteroatoms. The molecular weight excluding hydrogens is 424 g/mol. The predicted molar refractivity (Wildman–Crippen MR) is 135 cm³/mol. The smallest absolute Gasteiger partial charge is 0.251 e. The van der Waals surface area contributed by atoms with Gasteiger partial charge < -0.3 is 10.1 Å². The summed E-state index contributed by atoms with van der Waals surface area (Å²) in [6.45, 7) is 5.12. The number of rotatable bonds is 7. The van der Waals surface area contributed by atoms with Crippen LogP contribution in [0.5, 0.6) is 0 Å². The number of fused-ring (bicyclic) bond motifs is 1. The lowest BCUT2D eigenvalue weighted by Gasteiger charge is -2.26. The maximum Gasteiger partial charge on any atom is 0.251 e. The van der Waals surface area contributed by atoms with Crippen LogP contribution in [0.3, 0.4) is 0 Å². The molecule has 4 aromatic rings. The summed E-state index contributed by atoms with van der Waals surface area (Å²) in [6, 6.07) is 25.7. The third-order valence-electron chi connectivity index (χ3n) is 6.06. The fraction of sp³-hybridized carbons (Fsp3) is 0.250. The van der Waals surface area contributed by atoms with Crippen LogP contribution in [0.4, 0.5) is 0 Å². The zero-order valence-corrected chi connectivity index (χ0v) is 19.1. The van der Waals surface area contributed by atoms with Gasteiger partial charge in [-0.1, -0.05) is 60.7 Å². The fourth-order valence-electron chi connectivity index (χ4n) is 4.22. The molecule has 1 saturated heterocycles. The first-order chi connectivity index (χ1) is 16.8. The van der Waals surface area contributed by atoms with Gasteiger partial charge in [-0.2, -0.15) is 0 Å². The van der Waals surface area contributed by atoms with Gasteiger partial charge in [0.1, 0.15) is 0 Å². The molecule has 6 nitrogen and oxygen atoms in total. The Morgan fingerprint density at radius 1 is 0.824 bits per heavy atom. The summed E-state index contributed by atoms with van der Waals surface area (Å²) in [7, 11) is 0. The van der Waals surface area contributed by atoms with E-state index in [4.69, 9.17) is 14.7 Å². The van der Waals surface area contributed by atoms with Crippen molar-refractivity contribution in [3.8, 4) is 22.5 Å². The summed E-state index contributed by atoms with van der Waals surface area (Å²) in [5.74, 6) is -0.0842. The Morgan fingerprint density at radius 3 is 2.09 bits per heavy atom. The van der Waals surface area contributed by atoms with Crippen LogP contribution in [0.1, 0.15) is 16.8 Å². The molecule has 0 unspecified atom stereocenters. The Kier molecular flexibility index (Phi) is 6.89. The van der Waals surface area contributed by atoms with Crippen LogP contribution in [0.25, 0.3) is 33.5 Å². The molecule has 3 aromatic carbocycles. The molecule has 0 atom stereocenters. The van der Waals surface area contributed by atoms with Crippen molar-refractivity contribution >= 4 is 16.9 Å². The molecular formula is C28H28N4O2. The van der Waals surface area contributed by atoms with E-state index in [1.165, 1.54) is 0 Å². The highest BCUT2D eigenvalue weighted by Gasteiger charge is 2.15. The van der Waals surface area contributed by atoms with E-state index in [1.807, 2.05) is 78.9 Å². The number of hydrogen-bond acceptors (Lipinski definition) is 5. The second kappa shape index (κ2) is 10.5. The van der Waals surface area contributed by atoms with Gasteiger partial charge in [0.15, 0.2) is 0 Å². The summed E-state index contributed by atoms with van der Waals surface area (Å²) >= 11 is 0. The van der Waals surface area contributed by atoms with E-state index in [-0.39, 0.29) is 5.91 Å². The SMILES string of the molecule is O=C(NCCCN1CCOCC1)c1ccc2nc(-c3ccccc3)c(-c3ccccc3)nc2c1. The third-order valence-corrected chi connectivity index (χ3v) is 6.06. The number of morpholine rings is 1. The average molecular weight is 453 g/mol. The first kappa shape index (κ1) is 22.2. The second-order valence-electron chi connectivity index (χ2n) is 8.42. The van der Waals surface area contributed by atoms with Crippen LogP contribution in [0.15, 0.2) is 78.9 Å². The molecule has 0 saturated carbocycles. The minimum absolute atomic E-state index is 0.0842. The zero-order valence-electron chi connectivity index (χ0n) is 19.1. The molecule has 1 fully saturated rings. The number of aromatic nitrogens is 2. The molecule has 1 N–H and O–H groups in total. The van der Waals surface area contributed by atoms with E-state index >= 15 is 0 Å². The highest BCUT2D eigenvalue weighted by Crippen LogP contribution is 2.31. The maximum atomic E-state index is 12.8. The van der Waals surface area contributed by atoms with E-state index < -0.39 is 0 Å². The van der Waals surface area contributed by atoms with Crippen molar-refractivity contribution in [1.82, 2.24) is 20.2 Å². The highest BCUT2D eigenvalue weighted by molar-refractivity contribution is 5.98. The van der Waals surface area contributed by atoms with E-state index in [1.54, 1.807) is 0 Å². The molecule has 1 aromatic heterocycles. The molecule has 1 amide bonds. The van der Waals surface area contributed by atoms with Crippen LogP contribution >= 0.6 is 0 Å². The molecule has 1 aliphatic heterocycles. The Morgan fingerprint density at radius 2 is 1.44 bits per heavy atom. The Hall–Kier alpha value is -3.61. The topological polar surface area (TPSA) is 67.4 Å². The van der Waals surface area contributed by atoms with Crippen LogP contribution in [-0.4, -0.2) is 60.2 Å². The number of carbonyl (C=O) groups excluding carboxylic acids is 1. The average Bonchev–Trinajstić information content (AvgIpc) is 2.91.